The van der Waals surface area contributed by atoms with Crippen LogP contribution in [0.25, 0.3) is 0 Å². The Hall–Kier alpha value is -1.31. The molecule has 0 aromatic carbocycles. The van der Waals surface area contributed by atoms with Crippen molar-refractivity contribution < 1.29 is 27.5 Å². The van der Waals surface area contributed by atoms with Gasteiger partial charge in [-0.25, -0.2) is 0 Å². The summed E-state index contributed by atoms with van der Waals surface area (Å²) in [5.74, 6) is -2.21. The highest BCUT2D eigenvalue weighted by Crippen LogP contribution is 2.13. The SMILES string of the molecule is COCCC(=O)NCCCNC(=O)C(F)(F)F. The molecule has 0 aromatic heterocycles. The molecule has 0 fully saturated rings. The van der Waals surface area contributed by atoms with E-state index < -0.39 is 12.1 Å². The van der Waals surface area contributed by atoms with Crippen molar-refractivity contribution in [2.75, 3.05) is 26.8 Å². The van der Waals surface area contributed by atoms with E-state index in [1.165, 1.54) is 7.11 Å². The number of hydrogen-bond donors (Lipinski definition) is 2. The number of rotatable bonds is 7. The first-order valence-electron chi connectivity index (χ1n) is 4.98. The van der Waals surface area contributed by atoms with E-state index >= 15 is 0 Å². The van der Waals surface area contributed by atoms with E-state index in [2.05, 4.69) is 10.1 Å². The number of nitrogens with one attached hydrogen (secondary N) is 2. The molecule has 0 saturated carbocycles. The molecule has 8 heteroatoms. The molecule has 0 heterocycles. The van der Waals surface area contributed by atoms with Crippen molar-refractivity contribution in [3.63, 3.8) is 0 Å². The minimum Gasteiger partial charge on any atom is -0.384 e. The summed E-state index contributed by atoms with van der Waals surface area (Å²) in [6.07, 6.45) is -4.42. The second-order valence-electron chi connectivity index (χ2n) is 3.20. The van der Waals surface area contributed by atoms with Crippen LogP contribution in [0.3, 0.4) is 0 Å². The summed E-state index contributed by atoms with van der Waals surface area (Å²) in [6, 6.07) is 0. The Bertz CT molecular complexity index is 256. The third-order valence-electron chi connectivity index (χ3n) is 1.75. The first-order valence-corrected chi connectivity index (χ1v) is 4.98. The molecule has 0 radical (unpaired) electrons. The van der Waals surface area contributed by atoms with Crippen molar-refractivity contribution in [3.8, 4) is 0 Å². The molecule has 5 nitrogen and oxygen atoms in total. The molecule has 0 unspecified atom stereocenters. The summed E-state index contributed by atoms with van der Waals surface area (Å²) in [6.45, 7) is 0.361. The molecule has 0 aliphatic carbocycles. The summed E-state index contributed by atoms with van der Waals surface area (Å²) in [5.41, 5.74) is 0. The number of amides is 2. The summed E-state index contributed by atoms with van der Waals surface area (Å²) >= 11 is 0. The molecule has 2 N–H and O–H groups in total. The predicted octanol–water partition coefficient (Wildman–Crippen LogP) is 0.208. The maximum atomic E-state index is 11.7. The smallest absolute Gasteiger partial charge is 0.384 e. The van der Waals surface area contributed by atoms with E-state index in [1.807, 2.05) is 0 Å². The van der Waals surface area contributed by atoms with E-state index in [0.29, 0.717) is 0 Å². The molecule has 0 rings (SSSR count). The minimum absolute atomic E-state index is 0.136. The second-order valence-corrected chi connectivity index (χ2v) is 3.20. The van der Waals surface area contributed by atoms with Crippen molar-refractivity contribution in [2.24, 2.45) is 0 Å². The van der Waals surface area contributed by atoms with Gasteiger partial charge in [0.15, 0.2) is 0 Å². The molecule has 0 saturated heterocycles. The highest BCUT2D eigenvalue weighted by molar-refractivity contribution is 5.81. The first-order chi connectivity index (χ1) is 7.88. The number of carbonyl (C=O) groups excluding carboxylic acids is 2. The van der Waals surface area contributed by atoms with Gasteiger partial charge >= 0.3 is 12.1 Å². The van der Waals surface area contributed by atoms with E-state index in [-0.39, 0.29) is 38.4 Å². The van der Waals surface area contributed by atoms with Gasteiger partial charge in [-0.05, 0) is 6.42 Å². The van der Waals surface area contributed by atoms with Gasteiger partial charge in [-0.1, -0.05) is 0 Å². The summed E-state index contributed by atoms with van der Waals surface area (Å²) in [5, 5.41) is 4.18. The van der Waals surface area contributed by atoms with Gasteiger partial charge < -0.3 is 15.4 Å². The molecule has 2 amide bonds. The van der Waals surface area contributed by atoms with Crippen molar-refractivity contribution in [1.82, 2.24) is 10.6 Å². The Balaban J connectivity index is 3.47. The third kappa shape index (κ3) is 8.49. The maximum absolute atomic E-state index is 11.7. The van der Waals surface area contributed by atoms with Gasteiger partial charge in [0.25, 0.3) is 0 Å². The number of ether oxygens (including phenoxy) is 1. The van der Waals surface area contributed by atoms with Gasteiger partial charge in [-0.15, -0.1) is 0 Å². The van der Waals surface area contributed by atoms with Gasteiger partial charge in [-0.3, -0.25) is 9.59 Å². The molecule has 0 aliphatic heterocycles. The van der Waals surface area contributed by atoms with Crippen molar-refractivity contribution in [1.29, 1.82) is 0 Å². The van der Waals surface area contributed by atoms with Gasteiger partial charge in [0.1, 0.15) is 0 Å². The van der Waals surface area contributed by atoms with Crippen molar-refractivity contribution in [2.45, 2.75) is 19.0 Å². The normalized spacial score (nSPS) is 11.1. The van der Waals surface area contributed by atoms with Crippen LogP contribution < -0.4 is 10.6 Å². The van der Waals surface area contributed by atoms with Gasteiger partial charge in [0, 0.05) is 26.6 Å². The topological polar surface area (TPSA) is 67.4 Å². The predicted molar refractivity (Wildman–Crippen MR) is 53.2 cm³/mol. The molecule has 0 aromatic rings. The molecule has 0 spiro atoms. The number of halogens is 3. The van der Waals surface area contributed by atoms with Gasteiger partial charge in [0.2, 0.25) is 5.91 Å². The van der Waals surface area contributed by atoms with Crippen molar-refractivity contribution in [3.05, 3.63) is 0 Å². The van der Waals surface area contributed by atoms with Crippen LogP contribution in [0.2, 0.25) is 0 Å². The monoisotopic (exact) mass is 256 g/mol. The van der Waals surface area contributed by atoms with E-state index in [0.717, 1.165) is 0 Å². The summed E-state index contributed by atoms with van der Waals surface area (Å²) in [4.78, 5) is 21.4. The summed E-state index contributed by atoms with van der Waals surface area (Å²) < 4.78 is 39.9. The van der Waals surface area contributed by atoms with Crippen LogP contribution in [0, 0.1) is 0 Å². The lowest BCUT2D eigenvalue weighted by Crippen LogP contribution is -2.38. The van der Waals surface area contributed by atoms with Crippen LogP contribution in [0.1, 0.15) is 12.8 Å². The number of carbonyl (C=O) groups is 2. The van der Waals surface area contributed by atoms with Crippen LogP contribution >= 0.6 is 0 Å². The lowest BCUT2D eigenvalue weighted by Gasteiger charge is -2.08. The zero-order chi connectivity index (χ0) is 13.3. The third-order valence-corrected chi connectivity index (χ3v) is 1.75. The average Bonchev–Trinajstić information content (AvgIpc) is 2.24. The van der Waals surface area contributed by atoms with Gasteiger partial charge in [-0.2, -0.15) is 13.2 Å². The number of methoxy groups -OCH3 is 1. The zero-order valence-electron chi connectivity index (χ0n) is 9.39. The highest BCUT2D eigenvalue weighted by atomic mass is 19.4. The second kappa shape index (κ2) is 7.88. The van der Waals surface area contributed by atoms with E-state index in [4.69, 9.17) is 0 Å². The molecule has 0 bridgehead atoms. The molecular weight excluding hydrogens is 241 g/mol. The molecule has 17 heavy (non-hydrogen) atoms. The van der Waals surface area contributed by atoms with Crippen molar-refractivity contribution >= 4 is 11.8 Å². The lowest BCUT2D eigenvalue weighted by atomic mass is 10.3. The number of alkyl halides is 3. The minimum atomic E-state index is -4.86. The Morgan fingerprint density at radius 1 is 1.18 bits per heavy atom. The number of hydrogen-bond acceptors (Lipinski definition) is 3. The largest absolute Gasteiger partial charge is 0.471 e. The van der Waals surface area contributed by atoms with Crippen LogP contribution in [0.4, 0.5) is 13.2 Å². The molecule has 0 atom stereocenters. The van der Waals surface area contributed by atoms with Crippen LogP contribution in [0.5, 0.6) is 0 Å². The maximum Gasteiger partial charge on any atom is 0.471 e. The zero-order valence-corrected chi connectivity index (χ0v) is 9.39. The average molecular weight is 256 g/mol. The standard InChI is InChI=1S/C9H15F3N2O3/c1-17-6-3-7(15)13-4-2-5-14-8(16)9(10,11)12/h2-6H2,1H3,(H,13,15)(H,14,16). The molecule has 0 aliphatic rings. The van der Waals surface area contributed by atoms with E-state index in [1.54, 1.807) is 5.32 Å². The molecule has 100 valence electrons. The first kappa shape index (κ1) is 15.7. The fraction of sp³-hybridized carbons (Fsp3) is 0.778. The van der Waals surface area contributed by atoms with Crippen LogP contribution in [0.15, 0.2) is 0 Å². The van der Waals surface area contributed by atoms with E-state index in [9.17, 15) is 22.8 Å². The fourth-order valence-corrected chi connectivity index (χ4v) is 0.901. The quantitative estimate of drug-likeness (QED) is 0.640. The van der Waals surface area contributed by atoms with Crippen LogP contribution in [-0.4, -0.2) is 44.8 Å². The Morgan fingerprint density at radius 2 is 1.76 bits per heavy atom. The Labute approximate surface area is 96.7 Å². The highest BCUT2D eigenvalue weighted by Gasteiger charge is 2.38. The lowest BCUT2D eigenvalue weighted by molar-refractivity contribution is -0.173. The Kier molecular flexibility index (Phi) is 7.27. The summed E-state index contributed by atoms with van der Waals surface area (Å²) in [7, 11) is 1.46. The van der Waals surface area contributed by atoms with Crippen LogP contribution in [-0.2, 0) is 14.3 Å². The fourth-order valence-electron chi connectivity index (χ4n) is 0.901. The Morgan fingerprint density at radius 3 is 2.29 bits per heavy atom. The molecular formula is C9H15F3N2O3. The van der Waals surface area contributed by atoms with Gasteiger partial charge in [0.05, 0.1) is 6.61 Å².